The van der Waals surface area contributed by atoms with Crippen LogP contribution in [0.25, 0.3) is 0 Å². The van der Waals surface area contributed by atoms with Crippen molar-refractivity contribution in [2.24, 2.45) is 0 Å². The maximum atomic E-state index is 6.33. The maximum absolute atomic E-state index is 6.33. The van der Waals surface area contributed by atoms with Crippen LogP contribution in [0.1, 0.15) is 43.5 Å². The molecule has 2 rings (SSSR count). The highest BCUT2D eigenvalue weighted by Crippen LogP contribution is 2.27. The second-order valence-electron chi connectivity index (χ2n) is 4.62. The van der Waals surface area contributed by atoms with Crippen molar-refractivity contribution in [3.63, 3.8) is 0 Å². The Kier molecular flexibility index (Phi) is 5.09. The summed E-state index contributed by atoms with van der Waals surface area (Å²) in [5.41, 5.74) is 1.88. The number of rotatable bonds is 6. The third-order valence-corrected chi connectivity index (χ3v) is 3.33. The van der Waals surface area contributed by atoms with E-state index in [9.17, 15) is 0 Å². The second-order valence-corrected chi connectivity index (χ2v) is 5.03. The molecule has 0 amide bonds. The van der Waals surface area contributed by atoms with E-state index >= 15 is 0 Å². The zero-order chi connectivity index (χ0) is 14.5. The van der Waals surface area contributed by atoms with Crippen molar-refractivity contribution in [3.05, 3.63) is 40.7 Å². The van der Waals surface area contributed by atoms with Crippen molar-refractivity contribution in [1.29, 1.82) is 0 Å². The molecular formula is C14H20ClN5. The van der Waals surface area contributed by atoms with Crippen LogP contribution in [0.15, 0.2) is 18.5 Å². The third kappa shape index (κ3) is 3.16. The van der Waals surface area contributed by atoms with E-state index < -0.39 is 0 Å². The van der Waals surface area contributed by atoms with E-state index in [0.717, 1.165) is 36.7 Å². The largest absolute Gasteiger partial charge is 0.304 e. The monoisotopic (exact) mass is 293 g/mol. The van der Waals surface area contributed by atoms with Crippen molar-refractivity contribution >= 4 is 11.6 Å². The van der Waals surface area contributed by atoms with E-state index in [1.54, 1.807) is 12.4 Å². The van der Waals surface area contributed by atoms with E-state index in [2.05, 4.69) is 34.2 Å². The fourth-order valence-corrected chi connectivity index (χ4v) is 2.48. The molecule has 1 atom stereocenters. The summed E-state index contributed by atoms with van der Waals surface area (Å²) in [6.45, 7) is 7.73. The first-order valence-corrected chi connectivity index (χ1v) is 7.29. The Morgan fingerprint density at radius 2 is 2.20 bits per heavy atom. The fourth-order valence-electron chi connectivity index (χ4n) is 2.23. The zero-order valence-corrected chi connectivity index (χ0v) is 12.9. The smallest absolute Gasteiger partial charge is 0.125 e. The van der Waals surface area contributed by atoms with Crippen molar-refractivity contribution in [2.75, 3.05) is 6.54 Å². The van der Waals surface area contributed by atoms with Gasteiger partial charge in [0.15, 0.2) is 0 Å². The van der Waals surface area contributed by atoms with Crippen LogP contribution in [0.5, 0.6) is 0 Å². The van der Waals surface area contributed by atoms with Gasteiger partial charge in [-0.2, -0.15) is 5.10 Å². The first-order valence-electron chi connectivity index (χ1n) is 6.91. The van der Waals surface area contributed by atoms with Gasteiger partial charge in [0.2, 0.25) is 0 Å². The summed E-state index contributed by atoms with van der Waals surface area (Å²) in [7, 11) is 0. The van der Waals surface area contributed by atoms with Crippen LogP contribution in [0.2, 0.25) is 5.02 Å². The predicted octanol–water partition coefficient (Wildman–Crippen LogP) is 2.74. The minimum Gasteiger partial charge on any atom is -0.304 e. The molecule has 2 heterocycles. The molecule has 20 heavy (non-hydrogen) atoms. The highest BCUT2D eigenvalue weighted by atomic mass is 35.5. The van der Waals surface area contributed by atoms with Crippen LogP contribution >= 0.6 is 11.6 Å². The summed E-state index contributed by atoms with van der Waals surface area (Å²) >= 11 is 6.33. The molecule has 0 bridgehead atoms. The lowest BCUT2D eigenvalue weighted by Crippen LogP contribution is -2.26. The number of nitrogens with zero attached hydrogens (tertiary/aromatic N) is 4. The average molecular weight is 294 g/mol. The molecule has 0 aliphatic carbocycles. The Morgan fingerprint density at radius 3 is 2.85 bits per heavy atom. The van der Waals surface area contributed by atoms with Gasteiger partial charge in [-0.05, 0) is 26.0 Å². The Morgan fingerprint density at radius 1 is 1.40 bits per heavy atom. The molecule has 2 aromatic heterocycles. The molecule has 0 aromatic carbocycles. The van der Waals surface area contributed by atoms with Crippen LogP contribution in [0, 0.1) is 6.92 Å². The van der Waals surface area contributed by atoms with Crippen molar-refractivity contribution in [3.8, 4) is 0 Å². The standard InChI is InChI=1S/C14H20ClN5/c1-4-8-20-14(11(15)9-18-20)13(16-5-2)12-6-7-17-10(3)19-12/h6-7,9,13,16H,4-5,8H2,1-3H3. The molecule has 0 aliphatic heterocycles. The molecular weight excluding hydrogens is 274 g/mol. The number of aromatic nitrogens is 4. The average Bonchev–Trinajstić information content (AvgIpc) is 2.78. The molecule has 0 fully saturated rings. The normalized spacial score (nSPS) is 12.6. The number of aryl methyl sites for hydroxylation is 2. The van der Waals surface area contributed by atoms with Gasteiger partial charge in [-0.3, -0.25) is 4.68 Å². The maximum Gasteiger partial charge on any atom is 0.125 e. The van der Waals surface area contributed by atoms with Gasteiger partial charge in [-0.15, -0.1) is 0 Å². The van der Waals surface area contributed by atoms with E-state index in [-0.39, 0.29) is 6.04 Å². The van der Waals surface area contributed by atoms with Crippen LogP contribution in [-0.4, -0.2) is 26.3 Å². The molecule has 0 radical (unpaired) electrons. The van der Waals surface area contributed by atoms with E-state index in [1.807, 2.05) is 17.7 Å². The summed E-state index contributed by atoms with van der Waals surface area (Å²) < 4.78 is 1.95. The molecule has 6 heteroatoms. The van der Waals surface area contributed by atoms with Crippen LogP contribution in [0.4, 0.5) is 0 Å². The third-order valence-electron chi connectivity index (χ3n) is 3.04. The molecule has 0 saturated carbocycles. The molecule has 0 spiro atoms. The summed E-state index contributed by atoms with van der Waals surface area (Å²) in [5.74, 6) is 0.753. The van der Waals surface area contributed by atoms with Crippen LogP contribution in [-0.2, 0) is 6.54 Å². The topological polar surface area (TPSA) is 55.6 Å². The molecule has 0 saturated heterocycles. The number of nitrogens with one attached hydrogen (secondary N) is 1. The van der Waals surface area contributed by atoms with Crippen LogP contribution in [0.3, 0.4) is 0 Å². The molecule has 1 unspecified atom stereocenters. The highest BCUT2D eigenvalue weighted by Gasteiger charge is 2.22. The van der Waals surface area contributed by atoms with Crippen molar-refractivity contribution < 1.29 is 0 Å². The summed E-state index contributed by atoms with van der Waals surface area (Å²) in [5, 5.41) is 8.46. The van der Waals surface area contributed by atoms with Gasteiger partial charge in [-0.25, -0.2) is 9.97 Å². The lowest BCUT2D eigenvalue weighted by Gasteiger charge is -2.19. The first-order chi connectivity index (χ1) is 9.67. The van der Waals surface area contributed by atoms with Crippen molar-refractivity contribution in [2.45, 2.75) is 39.8 Å². The van der Waals surface area contributed by atoms with E-state index in [0.29, 0.717) is 5.02 Å². The number of halogens is 1. The number of hydrogen-bond acceptors (Lipinski definition) is 4. The summed E-state index contributed by atoms with van der Waals surface area (Å²) in [6, 6.07) is 1.85. The fraction of sp³-hybridized carbons (Fsp3) is 0.500. The molecule has 5 nitrogen and oxygen atoms in total. The lowest BCUT2D eigenvalue weighted by atomic mass is 10.1. The minimum absolute atomic E-state index is 0.0664. The molecule has 2 aromatic rings. The molecule has 1 N–H and O–H groups in total. The Balaban J connectivity index is 2.45. The first kappa shape index (κ1) is 14.9. The zero-order valence-electron chi connectivity index (χ0n) is 12.1. The van der Waals surface area contributed by atoms with Gasteiger partial charge >= 0.3 is 0 Å². The lowest BCUT2D eigenvalue weighted by molar-refractivity contribution is 0.513. The second kappa shape index (κ2) is 6.81. The van der Waals surface area contributed by atoms with Gasteiger partial charge in [0.1, 0.15) is 5.82 Å². The van der Waals surface area contributed by atoms with Gasteiger partial charge in [-0.1, -0.05) is 25.4 Å². The minimum atomic E-state index is -0.0664. The van der Waals surface area contributed by atoms with Crippen LogP contribution < -0.4 is 5.32 Å². The van der Waals surface area contributed by atoms with E-state index in [4.69, 9.17) is 11.6 Å². The Labute approximate surface area is 124 Å². The van der Waals surface area contributed by atoms with Gasteiger partial charge < -0.3 is 5.32 Å². The highest BCUT2D eigenvalue weighted by molar-refractivity contribution is 6.31. The Bertz CT molecular complexity index is 566. The SMILES string of the molecule is CCCn1ncc(Cl)c1C(NCC)c1ccnc(C)n1. The predicted molar refractivity (Wildman–Crippen MR) is 79.8 cm³/mol. The Hall–Kier alpha value is -1.46. The van der Waals surface area contributed by atoms with Gasteiger partial charge in [0, 0.05) is 12.7 Å². The quantitative estimate of drug-likeness (QED) is 0.890. The number of hydrogen-bond donors (Lipinski definition) is 1. The van der Waals surface area contributed by atoms with Gasteiger partial charge in [0.05, 0.1) is 28.6 Å². The van der Waals surface area contributed by atoms with Crippen molar-refractivity contribution in [1.82, 2.24) is 25.1 Å². The van der Waals surface area contributed by atoms with Gasteiger partial charge in [0.25, 0.3) is 0 Å². The van der Waals surface area contributed by atoms with E-state index in [1.165, 1.54) is 0 Å². The molecule has 0 aliphatic rings. The molecule has 108 valence electrons. The summed E-state index contributed by atoms with van der Waals surface area (Å²) in [6.07, 6.45) is 4.48. The summed E-state index contributed by atoms with van der Waals surface area (Å²) in [4.78, 5) is 8.67.